The van der Waals surface area contributed by atoms with Gasteiger partial charge in [0, 0.05) is 15.7 Å². The molecular weight excluding hydrogens is 479 g/mol. The van der Waals surface area contributed by atoms with E-state index >= 15 is 0 Å². The van der Waals surface area contributed by atoms with E-state index in [0.717, 1.165) is 28.5 Å². The van der Waals surface area contributed by atoms with Crippen molar-refractivity contribution < 1.29 is 9.47 Å². The number of benzene rings is 1. The molecule has 1 unspecified atom stereocenters. The average Bonchev–Trinajstić information content (AvgIpc) is 3.26. The van der Waals surface area contributed by atoms with Crippen molar-refractivity contribution in [1.29, 1.82) is 0 Å². The second kappa shape index (κ2) is 7.93. The van der Waals surface area contributed by atoms with E-state index in [0.29, 0.717) is 21.4 Å². The van der Waals surface area contributed by atoms with E-state index in [-0.39, 0.29) is 5.56 Å². The van der Waals surface area contributed by atoms with Crippen LogP contribution in [0.1, 0.15) is 31.6 Å². The number of fused-ring (bicyclic) bond motifs is 1. The lowest BCUT2D eigenvalue weighted by Gasteiger charge is -2.13. The molecule has 0 aliphatic carbocycles. The molecule has 1 aromatic carbocycles. The number of hydrogen-bond acceptors (Lipinski definition) is 6. The predicted octanol–water partition coefficient (Wildman–Crippen LogP) is 4.16. The Hall–Kier alpha value is -2.01. The normalized spacial score (nSPS) is 16.2. The third-order valence-electron chi connectivity index (χ3n) is 4.10. The Morgan fingerprint density at radius 1 is 1.37 bits per heavy atom. The maximum absolute atomic E-state index is 12.1. The number of imidazole rings is 1. The van der Waals surface area contributed by atoms with Crippen molar-refractivity contribution in [2.45, 2.75) is 37.8 Å². The van der Waals surface area contributed by atoms with Gasteiger partial charge in [-0.3, -0.25) is 4.79 Å². The monoisotopic (exact) mass is 496 g/mol. The summed E-state index contributed by atoms with van der Waals surface area (Å²) in [5, 5.41) is 1.27. The second-order valence-corrected chi connectivity index (χ2v) is 8.08. The maximum Gasteiger partial charge on any atom is 0.278 e. The van der Waals surface area contributed by atoms with E-state index in [1.807, 2.05) is 28.8 Å². The highest BCUT2D eigenvalue weighted by molar-refractivity contribution is 14.1. The summed E-state index contributed by atoms with van der Waals surface area (Å²) in [5.74, 6) is 0. The van der Waals surface area contributed by atoms with Crippen molar-refractivity contribution in [3.05, 3.63) is 61.4 Å². The van der Waals surface area contributed by atoms with Crippen LogP contribution in [0.4, 0.5) is 0 Å². The summed E-state index contributed by atoms with van der Waals surface area (Å²) in [4.78, 5) is 23.4. The van der Waals surface area contributed by atoms with Gasteiger partial charge in [-0.1, -0.05) is 31.5 Å². The van der Waals surface area contributed by atoms with Crippen LogP contribution < -0.4 is 5.56 Å². The van der Waals surface area contributed by atoms with Crippen LogP contribution in [0.2, 0.25) is 0 Å². The summed E-state index contributed by atoms with van der Waals surface area (Å²) in [7, 11) is 0. The number of aryl methyl sites for hydroxylation is 1. The second-order valence-electron chi connectivity index (χ2n) is 5.95. The molecule has 1 N–H and O–H groups in total. The van der Waals surface area contributed by atoms with Crippen LogP contribution in [-0.2, 0) is 16.0 Å². The summed E-state index contributed by atoms with van der Waals surface area (Å²) < 4.78 is 14.7. The van der Waals surface area contributed by atoms with Crippen molar-refractivity contribution in [1.82, 2.24) is 19.5 Å². The van der Waals surface area contributed by atoms with Crippen LogP contribution in [0, 0.1) is 3.57 Å². The van der Waals surface area contributed by atoms with E-state index < -0.39 is 6.29 Å². The van der Waals surface area contributed by atoms with E-state index in [1.54, 1.807) is 6.26 Å². The molecule has 0 bridgehead atoms. The van der Waals surface area contributed by atoms with Crippen LogP contribution in [-0.4, -0.2) is 19.5 Å². The molecule has 0 spiro atoms. The van der Waals surface area contributed by atoms with Gasteiger partial charge >= 0.3 is 0 Å². The molecule has 2 aromatic heterocycles. The van der Waals surface area contributed by atoms with E-state index in [9.17, 15) is 4.79 Å². The predicted molar refractivity (Wildman–Crippen MR) is 111 cm³/mol. The number of aromatic nitrogens is 4. The topological polar surface area (TPSA) is 82.0 Å². The highest BCUT2D eigenvalue weighted by atomic mass is 127. The fourth-order valence-electron chi connectivity index (χ4n) is 2.74. The fraction of sp³-hybridized carbons (Fsp3) is 0.278. The minimum atomic E-state index is -0.476. The van der Waals surface area contributed by atoms with Crippen molar-refractivity contribution in [3.63, 3.8) is 0 Å². The Morgan fingerprint density at radius 2 is 2.22 bits per heavy atom. The van der Waals surface area contributed by atoms with Gasteiger partial charge in [-0.25, -0.2) is 9.97 Å². The molecule has 0 radical (unpaired) electrons. The quantitative estimate of drug-likeness (QED) is 0.517. The fourth-order valence-corrected chi connectivity index (χ4v) is 4.23. The molecule has 27 heavy (non-hydrogen) atoms. The molecule has 1 aliphatic rings. The third-order valence-corrected chi connectivity index (χ3v) is 5.97. The van der Waals surface area contributed by atoms with Crippen molar-refractivity contribution in [2.75, 3.05) is 0 Å². The van der Waals surface area contributed by atoms with Gasteiger partial charge in [0.25, 0.3) is 11.8 Å². The van der Waals surface area contributed by atoms with Crippen molar-refractivity contribution >= 4 is 45.5 Å². The number of thioether (sulfide) groups is 1. The van der Waals surface area contributed by atoms with Crippen molar-refractivity contribution in [3.8, 4) is 0 Å². The summed E-state index contributed by atoms with van der Waals surface area (Å²) in [6.07, 6.45) is 4.53. The van der Waals surface area contributed by atoms with Gasteiger partial charge < -0.3 is 19.0 Å². The SMILES string of the molecule is CCCCn1c(SC2=COC(c3ccccc3I)O2)nc2c(=O)[nH]cnc21. The number of unbranched alkanes of at least 4 members (excludes halogenated alkanes) is 1. The van der Waals surface area contributed by atoms with Crippen LogP contribution in [0.15, 0.2) is 51.9 Å². The lowest BCUT2D eigenvalue weighted by atomic mass is 10.2. The first-order valence-electron chi connectivity index (χ1n) is 8.56. The van der Waals surface area contributed by atoms with Crippen LogP contribution in [0.3, 0.4) is 0 Å². The summed E-state index contributed by atoms with van der Waals surface area (Å²) >= 11 is 3.60. The highest BCUT2D eigenvalue weighted by Gasteiger charge is 2.26. The Kier molecular flexibility index (Phi) is 5.39. The molecule has 1 aliphatic heterocycles. The van der Waals surface area contributed by atoms with Gasteiger partial charge in [-0.2, -0.15) is 0 Å². The molecule has 0 saturated heterocycles. The summed E-state index contributed by atoms with van der Waals surface area (Å²) in [6.45, 7) is 2.86. The average molecular weight is 496 g/mol. The molecule has 0 amide bonds. The van der Waals surface area contributed by atoms with Gasteiger partial charge in [0.2, 0.25) is 5.09 Å². The van der Waals surface area contributed by atoms with Crippen LogP contribution >= 0.6 is 34.4 Å². The first-order chi connectivity index (χ1) is 13.2. The number of rotatable bonds is 6. The minimum absolute atomic E-state index is 0.244. The summed E-state index contributed by atoms with van der Waals surface area (Å²) in [6, 6.07) is 7.92. The Balaban J connectivity index is 1.59. The van der Waals surface area contributed by atoms with Crippen molar-refractivity contribution in [2.24, 2.45) is 0 Å². The number of H-pyrrole nitrogens is 1. The van der Waals surface area contributed by atoms with E-state index in [1.165, 1.54) is 18.1 Å². The maximum atomic E-state index is 12.1. The molecule has 7 nitrogen and oxygen atoms in total. The summed E-state index contributed by atoms with van der Waals surface area (Å²) in [5.41, 5.74) is 1.65. The molecular formula is C18H17IN4O3S. The number of halogens is 1. The smallest absolute Gasteiger partial charge is 0.278 e. The number of aromatic amines is 1. The Labute approximate surface area is 173 Å². The molecule has 3 aromatic rings. The molecule has 140 valence electrons. The third kappa shape index (κ3) is 3.70. The lowest BCUT2D eigenvalue weighted by molar-refractivity contribution is -0.0279. The molecule has 9 heteroatoms. The van der Waals surface area contributed by atoms with Gasteiger partial charge in [0.1, 0.15) is 6.26 Å². The van der Waals surface area contributed by atoms with Crippen LogP contribution in [0.5, 0.6) is 0 Å². The molecule has 1 atom stereocenters. The van der Waals surface area contributed by atoms with Gasteiger partial charge in [-0.05, 0) is 46.8 Å². The first-order valence-corrected chi connectivity index (χ1v) is 10.5. The Morgan fingerprint density at radius 3 is 3.04 bits per heavy atom. The molecule has 0 saturated carbocycles. The first kappa shape index (κ1) is 18.4. The zero-order valence-electron chi connectivity index (χ0n) is 14.5. The number of nitrogens with zero attached hydrogens (tertiary/aromatic N) is 3. The van der Waals surface area contributed by atoms with Gasteiger partial charge in [0.15, 0.2) is 16.3 Å². The van der Waals surface area contributed by atoms with Gasteiger partial charge in [0.05, 0.1) is 6.33 Å². The zero-order chi connectivity index (χ0) is 18.8. The number of hydrogen-bond donors (Lipinski definition) is 1. The number of ether oxygens (including phenoxy) is 2. The standard InChI is InChI=1S/C18H17IN4O3S/c1-2-3-8-23-15-14(16(24)21-10-20-15)22-18(23)27-13-9-25-17(26-13)11-6-4-5-7-12(11)19/h4-7,9-10,17H,2-3,8H2,1H3,(H,20,21,24). The van der Waals surface area contributed by atoms with E-state index in [4.69, 9.17) is 9.47 Å². The van der Waals surface area contributed by atoms with E-state index in [2.05, 4.69) is 44.5 Å². The minimum Gasteiger partial charge on any atom is -0.454 e. The lowest BCUT2D eigenvalue weighted by Crippen LogP contribution is -2.07. The number of nitrogens with one attached hydrogen (secondary N) is 1. The molecule has 4 rings (SSSR count). The molecule has 0 fully saturated rings. The van der Waals surface area contributed by atoms with Crippen LogP contribution in [0.25, 0.3) is 11.2 Å². The Bertz CT molecular complexity index is 1060. The molecule has 3 heterocycles. The highest BCUT2D eigenvalue weighted by Crippen LogP contribution is 2.39. The van der Waals surface area contributed by atoms with Gasteiger partial charge in [-0.15, -0.1) is 0 Å². The zero-order valence-corrected chi connectivity index (χ0v) is 17.5. The largest absolute Gasteiger partial charge is 0.454 e.